The topological polar surface area (TPSA) is 90.4 Å². The number of aromatic nitrogens is 1. The summed E-state index contributed by atoms with van der Waals surface area (Å²) in [6, 6.07) is 12.5. The average Bonchev–Trinajstić information content (AvgIpc) is 2.73. The summed E-state index contributed by atoms with van der Waals surface area (Å²) in [6.45, 7) is 0. The van der Waals surface area contributed by atoms with E-state index >= 15 is 0 Å². The van der Waals surface area contributed by atoms with Gasteiger partial charge in [-0.25, -0.2) is 4.98 Å². The van der Waals surface area contributed by atoms with Crippen LogP contribution in [0.3, 0.4) is 0 Å². The van der Waals surface area contributed by atoms with E-state index in [0.717, 1.165) is 0 Å². The maximum Gasteiger partial charge on any atom is 0.203 e. The van der Waals surface area contributed by atoms with E-state index in [1.165, 1.54) is 21.3 Å². The van der Waals surface area contributed by atoms with Crippen LogP contribution in [0.4, 0.5) is 5.82 Å². The lowest BCUT2D eigenvalue weighted by atomic mass is 9.97. The van der Waals surface area contributed by atoms with Crippen molar-refractivity contribution in [1.82, 2.24) is 4.98 Å². The van der Waals surface area contributed by atoms with Gasteiger partial charge in [-0.15, -0.1) is 0 Å². The van der Waals surface area contributed by atoms with Crippen molar-refractivity contribution >= 4 is 29.0 Å². The summed E-state index contributed by atoms with van der Waals surface area (Å²) >= 11 is 12.2. The van der Waals surface area contributed by atoms with E-state index in [0.29, 0.717) is 49.7 Å². The number of methoxy groups -OCH3 is 3. The molecule has 2 N–H and O–H groups in total. The Balaban J connectivity index is 2.31. The molecule has 0 saturated heterocycles. The summed E-state index contributed by atoms with van der Waals surface area (Å²) in [4.78, 5) is 4.36. The summed E-state index contributed by atoms with van der Waals surface area (Å²) in [5.74, 6) is 1.40. The van der Waals surface area contributed by atoms with Gasteiger partial charge in [0, 0.05) is 16.7 Å². The predicted octanol–water partition coefficient (Wildman–Crippen LogP) is 5.20. The largest absolute Gasteiger partial charge is 0.493 e. The zero-order valence-corrected chi connectivity index (χ0v) is 17.4. The van der Waals surface area contributed by atoms with Gasteiger partial charge in [-0.2, -0.15) is 5.26 Å². The lowest BCUT2D eigenvalue weighted by Gasteiger charge is -2.17. The Kier molecular flexibility index (Phi) is 6.02. The van der Waals surface area contributed by atoms with Crippen LogP contribution in [0.1, 0.15) is 5.56 Å². The van der Waals surface area contributed by atoms with Gasteiger partial charge < -0.3 is 19.9 Å². The molecule has 0 bridgehead atoms. The molecule has 29 heavy (non-hydrogen) atoms. The number of nitrogens with two attached hydrogens (primary N) is 1. The fourth-order valence-electron chi connectivity index (χ4n) is 3.01. The summed E-state index contributed by atoms with van der Waals surface area (Å²) in [5, 5.41) is 10.5. The Labute approximate surface area is 178 Å². The van der Waals surface area contributed by atoms with Crippen LogP contribution in [0, 0.1) is 11.3 Å². The molecule has 0 amide bonds. The van der Waals surface area contributed by atoms with Gasteiger partial charge in [0.1, 0.15) is 17.5 Å². The van der Waals surface area contributed by atoms with Gasteiger partial charge in [0.05, 0.1) is 37.1 Å². The fraction of sp³-hybridized carbons (Fsp3) is 0.143. The number of rotatable bonds is 5. The second kappa shape index (κ2) is 8.48. The van der Waals surface area contributed by atoms with Gasteiger partial charge in [0.25, 0.3) is 0 Å². The van der Waals surface area contributed by atoms with Crippen molar-refractivity contribution in [3.05, 3.63) is 52.0 Å². The maximum absolute atomic E-state index is 9.69. The normalized spacial score (nSPS) is 10.3. The van der Waals surface area contributed by atoms with Gasteiger partial charge in [-0.1, -0.05) is 29.3 Å². The first-order valence-electron chi connectivity index (χ1n) is 8.40. The van der Waals surface area contributed by atoms with Crippen LogP contribution in [0.2, 0.25) is 10.0 Å². The average molecular weight is 430 g/mol. The van der Waals surface area contributed by atoms with Crippen LogP contribution in [-0.4, -0.2) is 26.3 Å². The molecular weight excluding hydrogens is 413 g/mol. The van der Waals surface area contributed by atoms with Crippen LogP contribution in [-0.2, 0) is 0 Å². The van der Waals surface area contributed by atoms with E-state index in [9.17, 15) is 5.26 Å². The van der Waals surface area contributed by atoms with E-state index < -0.39 is 0 Å². The van der Waals surface area contributed by atoms with Gasteiger partial charge in [0.15, 0.2) is 11.5 Å². The highest BCUT2D eigenvalue weighted by molar-refractivity contribution is 6.42. The monoisotopic (exact) mass is 429 g/mol. The van der Waals surface area contributed by atoms with E-state index in [-0.39, 0.29) is 11.4 Å². The Morgan fingerprint density at radius 1 is 0.897 bits per heavy atom. The van der Waals surface area contributed by atoms with Crippen molar-refractivity contribution in [3.8, 4) is 45.7 Å². The Morgan fingerprint density at radius 3 is 2.21 bits per heavy atom. The highest BCUT2D eigenvalue weighted by atomic mass is 35.5. The van der Waals surface area contributed by atoms with Gasteiger partial charge in [-0.05, 0) is 30.3 Å². The fourth-order valence-corrected chi connectivity index (χ4v) is 3.31. The number of benzene rings is 2. The molecule has 0 fully saturated rings. The molecule has 1 aromatic heterocycles. The molecular formula is C21H17Cl2N3O3. The minimum absolute atomic E-state index is 0.0860. The number of nitriles is 1. The highest BCUT2D eigenvalue weighted by Gasteiger charge is 2.21. The number of nitrogens with zero attached hydrogens (tertiary/aromatic N) is 2. The van der Waals surface area contributed by atoms with E-state index in [4.69, 9.17) is 43.1 Å². The van der Waals surface area contributed by atoms with Crippen LogP contribution in [0.15, 0.2) is 36.4 Å². The molecule has 2 aromatic carbocycles. The van der Waals surface area contributed by atoms with Gasteiger partial charge in [0.2, 0.25) is 5.75 Å². The molecule has 0 aliphatic rings. The third-order valence-electron chi connectivity index (χ3n) is 4.37. The van der Waals surface area contributed by atoms with E-state index in [1.54, 1.807) is 36.4 Å². The van der Waals surface area contributed by atoms with E-state index in [2.05, 4.69) is 11.1 Å². The smallest absolute Gasteiger partial charge is 0.203 e. The number of hydrogen-bond acceptors (Lipinski definition) is 6. The highest BCUT2D eigenvalue weighted by Crippen LogP contribution is 2.46. The Bertz CT molecular complexity index is 1130. The first-order valence-corrected chi connectivity index (χ1v) is 9.16. The summed E-state index contributed by atoms with van der Waals surface area (Å²) in [6.07, 6.45) is 0. The molecule has 0 saturated carbocycles. The molecule has 148 valence electrons. The van der Waals surface area contributed by atoms with Crippen molar-refractivity contribution < 1.29 is 14.2 Å². The summed E-state index contributed by atoms with van der Waals surface area (Å²) in [5.41, 5.74) is 8.71. The number of anilines is 1. The minimum Gasteiger partial charge on any atom is -0.493 e. The second-order valence-corrected chi connectivity index (χ2v) is 6.75. The van der Waals surface area contributed by atoms with Crippen LogP contribution in [0.5, 0.6) is 17.2 Å². The Hall–Kier alpha value is -3.14. The van der Waals surface area contributed by atoms with Crippen molar-refractivity contribution in [1.29, 1.82) is 5.26 Å². The Morgan fingerprint density at radius 2 is 1.62 bits per heavy atom. The zero-order valence-electron chi connectivity index (χ0n) is 15.9. The van der Waals surface area contributed by atoms with Crippen LogP contribution < -0.4 is 19.9 Å². The molecule has 0 spiro atoms. The second-order valence-electron chi connectivity index (χ2n) is 5.94. The minimum atomic E-state index is 0.0860. The molecule has 8 heteroatoms. The van der Waals surface area contributed by atoms with Crippen molar-refractivity contribution in [2.75, 3.05) is 27.1 Å². The molecule has 1 heterocycles. The van der Waals surface area contributed by atoms with E-state index in [1.807, 2.05) is 0 Å². The number of pyridine rings is 1. The molecule has 0 unspecified atom stereocenters. The van der Waals surface area contributed by atoms with Crippen molar-refractivity contribution in [2.45, 2.75) is 0 Å². The van der Waals surface area contributed by atoms with Crippen molar-refractivity contribution in [2.24, 2.45) is 0 Å². The predicted molar refractivity (Wildman–Crippen MR) is 114 cm³/mol. The maximum atomic E-state index is 9.69. The third-order valence-corrected chi connectivity index (χ3v) is 5.11. The number of nitrogen functional groups attached to an aromatic ring is 1. The standard InChI is InChI=1S/C21H17Cl2N3O3/c1-27-18-7-5-12(19(28-2)20(18)29-3)13-9-17(26-21(25)14(13)10-24)11-4-6-15(22)16(23)8-11/h4-9H,1-3H3,(H2,25,26). The quantitative estimate of drug-likeness (QED) is 0.598. The molecule has 0 radical (unpaired) electrons. The SMILES string of the molecule is COc1ccc(-c2cc(-c3ccc(Cl)c(Cl)c3)nc(N)c2C#N)c(OC)c1OC. The number of ether oxygens (including phenoxy) is 3. The van der Waals surface area contributed by atoms with Crippen LogP contribution in [0.25, 0.3) is 22.4 Å². The molecule has 6 nitrogen and oxygen atoms in total. The zero-order chi connectivity index (χ0) is 21.1. The van der Waals surface area contributed by atoms with Crippen LogP contribution >= 0.6 is 23.2 Å². The molecule has 3 rings (SSSR count). The van der Waals surface area contributed by atoms with Gasteiger partial charge >= 0.3 is 0 Å². The summed E-state index contributed by atoms with van der Waals surface area (Å²) < 4.78 is 16.4. The lowest BCUT2D eigenvalue weighted by molar-refractivity contribution is 0.325. The molecule has 3 aromatic rings. The molecule has 0 atom stereocenters. The number of hydrogen-bond donors (Lipinski definition) is 1. The number of halogens is 2. The molecule has 0 aliphatic carbocycles. The first kappa shape index (κ1) is 20.6. The molecule has 0 aliphatic heterocycles. The summed E-state index contributed by atoms with van der Waals surface area (Å²) in [7, 11) is 4.55. The first-order chi connectivity index (χ1) is 13.9. The van der Waals surface area contributed by atoms with Gasteiger partial charge in [-0.3, -0.25) is 0 Å². The van der Waals surface area contributed by atoms with Crippen molar-refractivity contribution in [3.63, 3.8) is 0 Å². The lowest BCUT2D eigenvalue weighted by Crippen LogP contribution is -2.02. The third kappa shape index (κ3) is 3.75.